The molecule has 1 fully saturated rings. The molecule has 5 heteroatoms. The Bertz CT molecular complexity index is 811. The van der Waals surface area contributed by atoms with E-state index in [-0.39, 0.29) is 17.5 Å². The number of likely N-dealkylation sites (tertiary alicyclic amines) is 1. The predicted molar refractivity (Wildman–Crippen MR) is 113 cm³/mol. The lowest BCUT2D eigenvalue weighted by atomic mass is 9.76. The van der Waals surface area contributed by atoms with E-state index in [0.29, 0.717) is 21.5 Å². The van der Waals surface area contributed by atoms with Crippen molar-refractivity contribution in [1.29, 1.82) is 0 Å². The number of amides is 1. The van der Waals surface area contributed by atoms with Gasteiger partial charge in [-0.2, -0.15) is 0 Å². The SMILES string of the molecule is CC1CCC(C)([C@@H](NC(=O)c2ccc(Cl)cc2Cl)c2ccccc2)N(C)C1. The molecule has 0 bridgehead atoms. The molecule has 0 spiro atoms. The average Bonchev–Trinajstić information content (AvgIpc) is 2.63. The van der Waals surface area contributed by atoms with Crippen LogP contribution in [0.2, 0.25) is 10.0 Å². The third-order valence-corrected chi connectivity index (χ3v) is 6.35. The van der Waals surface area contributed by atoms with Gasteiger partial charge in [0, 0.05) is 17.1 Å². The van der Waals surface area contributed by atoms with Crippen LogP contribution in [-0.2, 0) is 0 Å². The highest BCUT2D eigenvalue weighted by Crippen LogP contribution is 2.39. The number of rotatable bonds is 4. The minimum absolute atomic E-state index is 0.143. The summed E-state index contributed by atoms with van der Waals surface area (Å²) in [5, 5.41) is 4.14. The van der Waals surface area contributed by atoms with Crippen LogP contribution in [0.25, 0.3) is 0 Å². The van der Waals surface area contributed by atoms with Gasteiger partial charge in [0.1, 0.15) is 0 Å². The van der Waals surface area contributed by atoms with Crippen molar-refractivity contribution in [3.8, 4) is 0 Å². The second-order valence-corrected chi connectivity index (χ2v) is 8.67. The van der Waals surface area contributed by atoms with Gasteiger partial charge in [0.2, 0.25) is 0 Å². The van der Waals surface area contributed by atoms with Gasteiger partial charge in [-0.25, -0.2) is 0 Å². The molecular weight excluding hydrogens is 379 g/mol. The highest BCUT2D eigenvalue weighted by molar-refractivity contribution is 6.36. The molecular formula is C22H26Cl2N2O. The normalized spacial score (nSPS) is 24.4. The van der Waals surface area contributed by atoms with Gasteiger partial charge < -0.3 is 5.32 Å². The van der Waals surface area contributed by atoms with Gasteiger partial charge in [-0.15, -0.1) is 0 Å². The number of carbonyl (C=O) groups is 1. The lowest BCUT2D eigenvalue weighted by molar-refractivity contribution is 0.0276. The maximum atomic E-state index is 13.1. The summed E-state index contributed by atoms with van der Waals surface area (Å²) in [7, 11) is 2.15. The fourth-order valence-electron chi connectivity index (χ4n) is 3.99. The van der Waals surface area contributed by atoms with Gasteiger partial charge >= 0.3 is 0 Å². The molecule has 3 atom stereocenters. The van der Waals surface area contributed by atoms with Crippen LogP contribution in [0.5, 0.6) is 0 Å². The molecule has 27 heavy (non-hydrogen) atoms. The summed E-state index contributed by atoms with van der Waals surface area (Å²) in [5.41, 5.74) is 1.36. The summed E-state index contributed by atoms with van der Waals surface area (Å²) in [4.78, 5) is 15.4. The minimum Gasteiger partial charge on any atom is -0.343 e. The van der Waals surface area contributed by atoms with E-state index in [1.165, 1.54) is 0 Å². The van der Waals surface area contributed by atoms with Crippen molar-refractivity contribution >= 4 is 29.1 Å². The Morgan fingerprint density at radius 2 is 1.93 bits per heavy atom. The van der Waals surface area contributed by atoms with Crippen LogP contribution in [0.1, 0.15) is 48.7 Å². The Labute approximate surface area is 171 Å². The molecule has 0 aromatic heterocycles. The van der Waals surface area contributed by atoms with Gasteiger partial charge in [0.05, 0.1) is 16.6 Å². The summed E-state index contributed by atoms with van der Waals surface area (Å²) in [6, 6.07) is 15.0. The van der Waals surface area contributed by atoms with Crippen molar-refractivity contribution in [3.63, 3.8) is 0 Å². The summed E-state index contributed by atoms with van der Waals surface area (Å²) in [6.45, 7) is 5.53. The fraction of sp³-hybridized carbons (Fsp3) is 0.409. The fourth-order valence-corrected chi connectivity index (χ4v) is 4.48. The van der Waals surface area contributed by atoms with Crippen molar-refractivity contribution in [2.45, 2.75) is 38.3 Å². The summed E-state index contributed by atoms with van der Waals surface area (Å²) in [6.07, 6.45) is 2.15. The lowest BCUT2D eigenvalue weighted by Gasteiger charge is -2.50. The summed E-state index contributed by atoms with van der Waals surface area (Å²) >= 11 is 12.2. The maximum Gasteiger partial charge on any atom is 0.253 e. The van der Waals surface area contributed by atoms with Crippen LogP contribution in [0.15, 0.2) is 48.5 Å². The molecule has 3 nitrogen and oxygen atoms in total. The monoisotopic (exact) mass is 404 g/mol. The number of benzene rings is 2. The second-order valence-electron chi connectivity index (χ2n) is 7.82. The van der Waals surface area contributed by atoms with E-state index >= 15 is 0 Å². The van der Waals surface area contributed by atoms with Crippen LogP contribution in [0.4, 0.5) is 0 Å². The molecule has 1 amide bonds. The first-order chi connectivity index (χ1) is 12.8. The summed E-state index contributed by atoms with van der Waals surface area (Å²) < 4.78 is 0. The molecule has 1 aliphatic rings. The second kappa shape index (κ2) is 8.22. The largest absolute Gasteiger partial charge is 0.343 e. The van der Waals surface area contributed by atoms with Crippen LogP contribution < -0.4 is 5.32 Å². The Hall–Kier alpha value is -1.55. The third kappa shape index (κ3) is 4.31. The number of nitrogens with zero attached hydrogens (tertiary/aromatic N) is 1. The Morgan fingerprint density at radius 1 is 1.22 bits per heavy atom. The molecule has 144 valence electrons. The van der Waals surface area contributed by atoms with Crippen LogP contribution in [0.3, 0.4) is 0 Å². The number of likely N-dealkylation sites (N-methyl/N-ethyl adjacent to an activating group) is 1. The van der Waals surface area contributed by atoms with Crippen LogP contribution >= 0.6 is 23.2 Å². The molecule has 1 saturated heterocycles. The van der Waals surface area contributed by atoms with E-state index in [4.69, 9.17) is 23.2 Å². The quantitative estimate of drug-likeness (QED) is 0.720. The smallest absolute Gasteiger partial charge is 0.253 e. The van der Waals surface area contributed by atoms with Crippen LogP contribution in [0, 0.1) is 5.92 Å². The van der Waals surface area contributed by atoms with Gasteiger partial charge in [-0.1, -0.05) is 60.5 Å². The van der Waals surface area contributed by atoms with Gasteiger partial charge in [0.25, 0.3) is 5.91 Å². The van der Waals surface area contributed by atoms with Crippen molar-refractivity contribution in [1.82, 2.24) is 10.2 Å². The Kier molecular flexibility index (Phi) is 6.15. The average molecular weight is 405 g/mol. The first-order valence-electron chi connectivity index (χ1n) is 9.33. The highest BCUT2D eigenvalue weighted by Gasteiger charge is 2.42. The Balaban J connectivity index is 1.95. The van der Waals surface area contributed by atoms with Crippen LogP contribution in [-0.4, -0.2) is 29.9 Å². The van der Waals surface area contributed by atoms with Gasteiger partial charge in [-0.05, 0) is 56.5 Å². The lowest BCUT2D eigenvalue weighted by Crippen LogP contribution is -2.57. The number of nitrogens with one attached hydrogen (secondary N) is 1. The zero-order chi connectivity index (χ0) is 19.6. The molecule has 0 saturated carbocycles. The molecule has 2 aromatic rings. The first-order valence-corrected chi connectivity index (χ1v) is 10.1. The molecule has 0 aliphatic carbocycles. The van der Waals surface area contributed by atoms with E-state index in [0.717, 1.165) is 24.9 Å². The molecule has 1 heterocycles. The predicted octanol–water partition coefficient (Wildman–Crippen LogP) is 5.58. The van der Waals surface area contributed by atoms with Crippen molar-refractivity contribution in [2.24, 2.45) is 5.92 Å². The molecule has 1 N–H and O–H groups in total. The van der Waals surface area contributed by atoms with E-state index in [1.807, 2.05) is 18.2 Å². The molecule has 2 aromatic carbocycles. The third-order valence-electron chi connectivity index (χ3n) is 5.81. The Morgan fingerprint density at radius 3 is 2.56 bits per heavy atom. The van der Waals surface area contributed by atoms with E-state index in [9.17, 15) is 4.79 Å². The molecule has 1 aliphatic heterocycles. The molecule has 0 radical (unpaired) electrons. The highest BCUT2D eigenvalue weighted by atomic mass is 35.5. The topological polar surface area (TPSA) is 32.3 Å². The number of halogens is 2. The first kappa shape index (κ1) is 20.2. The molecule has 3 rings (SSSR count). The minimum atomic E-state index is -0.182. The van der Waals surface area contributed by atoms with Gasteiger partial charge in [0.15, 0.2) is 0 Å². The number of hydrogen-bond acceptors (Lipinski definition) is 2. The van der Waals surface area contributed by atoms with Crippen molar-refractivity contribution in [3.05, 3.63) is 69.7 Å². The van der Waals surface area contributed by atoms with Crippen molar-refractivity contribution < 1.29 is 4.79 Å². The molecule has 2 unspecified atom stereocenters. The van der Waals surface area contributed by atoms with E-state index < -0.39 is 0 Å². The standard InChI is InChI=1S/C22H26Cl2N2O/c1-15-11-12-22(2,26(3)14-15)20(16-7-5-4-6-8-16)25-21(27)18-10-9-17(23)13-19(18)24/h4-10,13,15,20H,11-12,14H2,1-3H3,(H,25,27)/t15?,20-,22?/m0/s1. The van der Waals surface area contributed by atoms with Gasteiger partial charge in [-0.3, -0.25) is 9.69 Å². The van der Waals surface area contributed by atoms with E-state index in [1.54, 1.807) is 18.2 Å². The maximum absolute atomic E-state index is 13.1. The zero-order valence-electron chi connectivity index (χ0n) is 16.0. The van der Waals surface area contributed by atoms with Crippen molar-refractivity contribution in [2.75, 3.05) is 13.6 Å². The number of carbonyl (C=O) groups excluding carboxylic acids is 1. The van der Waals surface area contributed by atoms with E-state index in [2.05, 4.69) is 43.2 Å². The number of hydrogen-bond donors (Lipinski definition) is 1. The summed E-state index contributed by atoms with van der Waals surface area (Å²) in [5.74, 6) is 0.472. The number of piperidine rings is 1. The zero-order valence-corrected chi connectivity index (χ0v) is 17.5.